The van der Waals surface area contributed by atoms with Crippen LogP contribution < -0.4 is 10.6 Å². The van der Waals surface area contributed by atoms with Crippen LogP contribution in [0.1, 0.15) is 37.9 Å². The zero-order valence-electron chi connectivity index (χ0n) is 11.5. The van der Waals surface area contributed by atoms with Crippen molar-refractivity contribution in [1.29, 1.82) is 0 Å². The highest BCUT2D eigenvalue weighted by atomic mass is 16.3. The summed E-state index contributed by atoms with van der Waals surface area (Å²) in [4.78, 5) is 6.83. The third-order valence-corrected chi connectivity index (χ3v) is 4.77. The molecule has 1 aromatic heterocycles. The Bertz CT molecular complexity index is 434. The van der Waals surface area contributed by atoms with E-state index in [1.807, 2.05) is 12.3 Å². The molecule has 3 N–H and O–H groups in total. The first-order chi connectivity index (χ1) is 9.19. The fraction of sp³-hybridized carbons (Fsp3) is 0.667. The minimum absolute atomic E-state index is 0.0360. The monoisotopic (exact) mass is 261 g/mol. The second-order valence-corrected chi connectivity index (χ2v) is 5.93. The molecule has 104 valence electrons. The molecule has 1 aromatic rings. The van der Waals surface area contributed by atoms with Crippen molar-refractivity contribution in [3.05, 3.63) is 24.0 Å². The summed E-state index contributed by atoms with van der Waals surface area (Å²) in [6.45, 7) is 4.10. The minimum atomic E-state index is -0.101. The topological polar surface area (TPSA) is 62.4 Å². The van der Waals surface area contributed by atoms with Gasteiger partial charge in [-0.1, -0.05) is 6.92 Å². The Kier molecular flexibility index (Phi) is 3.46. The van der Waals surface area contributed by atoms with E-state index >= 15 is 0 Å². The third kappa shape index (κ3) is 2.35. The van der Waals surface area contributed by atoms with Gasteiger partial charge in [-0.2, -0.15) is 0 Å². The quantitative estimate of drug-likeness (QED) is 0.869. The Morgan fingerprint density at radius 2 is 2.26 bits per heavy atom. The molecule has 0 amide bonds. The smallest absolute Gasteiger partial charge is 0.0588 e. The maximum atomic E-state index is 9.95. The van der Waals surface area contributed by atoms with E-state index in [2.05, 4.69) is 22.9 Å². The Morgan fingerprint density at radius 1 is 1.42 bits per heavy atom. The molecular weight excluding hydrogens is 238 g/mol. The average Bonchev–Trinajstić information content (AvgIpc) is 3.01. The van der Waals surface area contributed by atoms with Crippen molar-refractivity contribution in [2.24, 2.45) is 17.6 Å². The van der Waals surface area contributed by atoms with Crippen LogP contribution in [0.15, 0.2) is 18.3 Å². The van der Waals surface area contributed by atoms with Gasteiger partial charge in [0, 0.05) is 25.0 Å². The van der Waals surface area contributed by atoms with E-state index in [1.165, 1.54) is 0 Å². The number of hydrogen-bond acceptors (Lipinski definition) is 4. The van der Waals surface area contributed by atoms with Crippen LogP contribution in [0, 0.1) is 11.8 Å². The lowest BCUT2D eigenvalue weighted by molar-refractivity contribution is 0.133. The van der Waals surface area contributed by atoms with Crippen molar-refractivity contribution in [3.63, 3.8) is 0 Å². The number of aliphatic hydroxyl groups is 1. The molecule has 1 aliphatic heterocycles. The molecule has 1 saturated carbocycles. The van der Waals surface area contributed by atoms with E-state index in [1.54, 1.807) is 0 Å². The van der Waals surface area contributed by atoms with Crippen LogP contribution in [0.3, 0.4) is 0 Å². The van der Waals surface area contributed by atoms with Crippen LogP contribution in [0.4, 0.5) is 5.69 Å². The third-order valence-electron chi connectivity index (χ3n) is 4.77. The number of aliphatic hydroxyl groups excluding tert-OH is 1. The van der Waals surface area contributed by atoms with E-state index in [-0.39, 0.29) is 12.1 Å². The van der Waals surface area contributed by atoms with Crippen LogP contribution in [-0.4, -0.2) is 29.3 Å². The first kappa shape index (κ1) is 12.9. The van der Waals surface area contributed by atoms with Gasteiger partial charge in [-0.15, -0.1) is 0 Å². The Balaban J connectivity index is 1.70. The maximum absolute atomic E-state index is 9.95. The van der Waals surface area contributed by atoms with Crippen LogP contribution in [0.25, 0.3) is 0 Å². The van der Waals surface area contributed by atoms with Crippen molar-refractivity contribution < 1.29 is 5.11 Å². The molecular formula is C15H23N3O. The molecule has 3 rings (SSSR count). The summed E-state index contributed by atoms with van der Waals surface area (Å²) in [5, 5.41) is 9.95. The highest BCUT2D eigenvalue weighted by Crippen LogP contribution is 2.39. The number of fused-ring (bicyclic) bond motifs is 1. The highest BCUT2D eigenvalue weighted by molar-refractivity contribution is 5.46. The van der Waals surface area contributed by atoms with Crippen LogP contribution >= 0.6 is 0 Å². The highest BCUT2D eigenvalue weighted by Gasteiger charge is 2.41. The van der Waals surface area contributed by atoms with Crippen molar-refractivity contribution in [2.75, 3.05) is 18.0 Å². The number of anilines is 1. The number of rotatable bonds is 3. The molecule has 4 heteroatoms. The van der Waals surface area contributed by atoms with Crippen LogP contribution in [0.2, 0.25) is 0 Å². The average molecular weight is 261 g/mol. The first-order valence-corrected chi connectivity index (χ1v) is 7.33. The summed E-state index contributed by atoms with van der Waals surface area (Å²) in [7, 11) is 0. The van der Waals surface area contributed by atoms with Gasteiger partial charge < -0.3 is 15.7 Å². The molecule has 19 heavy (non-hydrogen) atoms. The van der Waals surface area contributed by atoms with Gasteiger partial charge in [-0.25, -0.2) is 0 Å². The summed E-state index contributed by atoms with van der Waals surface area (Å²) < 4.78 is 0. The predicted octanol–water partition coefficient (Wildman–Crippen LogP) is 1.70. The molecule has 0 aromatic carbocycles. The standard InChI is InChI=1S/C15H23N3O/c1-2-13(16)14-5-4-11(7-17-14)18-8-10-3-6-15(19)12(10)9-18/h4-5,7,10,12-13,15,19H,2-3,6,8-9,16H2,1H3/t10?,12?,13-,15?/m0/s1. The molecule has 0 radical (unpaired) electrons. The fourth-order valence-electron chi connectivity index (χ4n) is 3.46. The van der Waals surface area contributed by atoms with Gasteiger partial charge in [0.25, 0.3) is 0 Å². The van der Waals surface area contributed by atoms with Gasteiger partial charge >= 0.3 is 0 Å². The number of hydrogen-bond donors (Lipinski definition) is 2. The molecule has 2 heterocycles. The lowest BCUT2D eigenvalue weighted by atomic mass is 10.00. The molecule has 2 aliphatic rings. The lowest BCUT2D eigenvalue weighted by Crippen LogP contribution is -2.24. The van der Waals surface area contributed by atoms with Crippen molar-refractivity contribution >= 4 is 5.69 Å². The van der Waals surface area contributed by atoms with Gasteiger partial charge in [0.2, 0.25) is 0 Å². The number of aromatic nitrogens is 1. The summed E-state index contributed by atoms with van der Waals surface area (Å²) in [5.41, 5.74) is 8.11. The van der Waals surface area contributed by atoms with Gasteiger partial charge in [0.05, 0.1) is 23.7 Å². The second kappa shape index (κ2) is 5.10. The Labute approximate surface area is 114 Å². The molecule has 1 aliphatic carbocycles. The molecule has 0 bridgehead atoms. The molecule has 4 atom stereocenters. The minimum Gasteiger partial charge on any atom is -0.393 e. The Hall–Kier alpha value is -1.13. The summed E-state index contributed by atoms with van der Waals surface area (Å²) in [5.74, 6) is 1.12. The van der Waals surface area contributed by atoms with Gasteiger partial charge in [0.15, 0.2) is 0 Å². The van der Waals surface area contributed by atoms with E-state index in [4.69, 9.17) is 5.73 Å². The fourth-order valence-corrected chi connectivity index (χ4v) is 3.46. The van der Waals surface area contributed by atoms with Crippen LogP contribution in [-0.2, 0) is 0 Å². The summed E-state index contributed by atoms with van der Waals surface area (Å²) in [6, 6.07) is 4.19. The lowest BCUT2D eigenvalue weighted by Gasteiger charge is -2.20. The number of nitrogens with two attached hydrogens (primary N) is 1. The normalized spacial score (nSPS) is 31.5. The van der Waals surface area contributed by atoms with Gasteiger partial charge in [-0.05, 0) is 37.3 Å². The van der Waals surface area contributed by atoms with Crippen molar-refractivity contribution in [1.82, 2.24) is 4.98 Å². The number of nitrogens with zero attached hydrogens (tertiary/aromatic N) is 2. The van der Waals surface area contributed by atoms with Crippen molar-refractivity contribution in [3.8, 4) is 0 Å². The largest absolute Gasteiger partial charge is 0.393 e. The van der Waals surface area contributed by atoms with E-state index in [9.17, 15) is 5.11 Å². The zero-order chi connectivity index (χ0) is 13.4. The van der Waals surface area contributed by atoms with E-state index in [0.717, 1.165) is 43.7 Å². The SMILES string of the molecule is CC[C@H](N)c1ccc(N2CC3CCC(O)C3C2)cn1. The molecule has 0 spiro atoms. The molecule has 4 nitrogen and oxygen atoms in total. The zero-order valence-corrected chi connectivity index (χ0v) is 11.5. The maximum Gasteiger partial charge on any atom is 0.0588 e. The molecule has 1 saturated heterocycles. The van der Waals surface area contributed by atoms with E-state index in [0.29, 0.717) is 11.8 Å². The predicted molar refractivity (Wildman–Crippen MR) is 75.9 cm³/mol. The molecule has 2 fully saturated rings. The second-order valence-electron chi connectivity index (χ2n) is 5.93. The van der Waals surface area contributed by atoms with Gasteiger partial charge in [-0.3, -0.25) is 4.98 Å². The van der Waals surface area contributed by atoms with E-state index < -0.39 is 0 Å². The first-order valence-electron chi connectivity index (χ1n) is 7.33. The number of pyridine rings is 1. The molecule has 3 unspecified atom stereocenters. The van der Waals surface area contributed by atoms with Gasteiger partial charge in [0.1, 0.15) is 0 Å². The van der Waals surface area contributed by atoms with Crippen LogP contribution in [0.5, 0.6) is 0 Å². The summed E-state index contributed by atoms with van der Waals surface area (Å²) >= 11 is 0. The Morgan fingerprint density at radius 3 is 2.89 bits per heavy atom. The van der Waals surface area contributed by atoms with Crippen molar-refractivity contribution in [2.45, 2.75) is 38.3 Å². The summed E-state index contributed by atoms with van der Waals surface area (Å²) in [6.07, 6.45) is 4.88.